The first-order chi connectivity index (χ1) is 9.74. The van der Waals surface area contributed by atoms with Crippen molar-refractivity contribution in [2.75, 3.05) is 0 Å². The molecule has 3 rings (SSSR count). The summed E-state index contributed by atoms with van der Waals surface area (Å²) in [7, 11) is 0. The minimum absolute atomic E-state index is 0.0987. The SMILES string of the molecule is O=C(OCc1ccccc1)c1cc2c([nH]c1=O)CCC2. The first-order valence-corrected chi connectivity index (χ1v) is 6.70. The number of fused-ring (bicyclic) bond motifs is 1. The van der Waals surface area contributed by atoms with Crippen molar-refractivity contribution in [2.24, 2.45) is 0 Å². The summed E-state index contributed by atoms with van der Waals surface area (Å²) in [5, 5.41) is 0. The van der Waals surface area contributed by atoms with Crippen LogP contribution in [0.25, 0.3) is 0 Å². The maximum atomic E-state index is 12.0. The predicted molar refractivity (Wildman–Crippen MR) is 74.6 cm³/mol. The van der Waals surface area contributed by atoms with Gasteiger partial charge in [0.25, 0.3) is 5.56 Å². The number of ether oxygens (including phenoxy) is 1. The lowest BCUT2D eigenvalue weighted by Crippen LogP contribution is -2.21. The first kappa shape index (κ1) is 12.7. The molecule has 0 spiro atoms. The van der Waals surface area contributed by atoms with Gasteiger partial charge in [0.15, 0.2) is 0 Å². The molecule has 1 N–H and O–H groups in total. The highest BCUT2D eigenvalue weighted by molar-refractivity contribution is 5.89. The van der Waals surface area contributed by atoms with Crippen molar-refractivity contribution < 1.29 is 9.53 Å². The lowest BCUT2D eigenvalue weighted by Gasteiger charge is -2.06. The molecular formula is C16H15NO3. The molecule has 2 aromatic rings. The molecule has 0 unspecified atom stereocenters. The van der Waals surface area contributed by atoms with Crippen LogP contribution in [-0.2, 0) is 24.2 Å². The highest BCUT2D eigenvalue weighted by Crippen LogP contribution is 2.19. The zero-order valence-corrected chi connectivity index (χ0v) is 11.0. The quantitative estimate of drug-likeness (QED) is 0.869. The van der Waals surface area contributed by atoms with Crippen LogP contribution < -0.4 is 5.56 Å². The van der Waals surface area contributed by atoms with Gasteiger partial charge in [0.05, 0.1) is 0 Å². The average molecular weight is 269 g/mol. The van der Waals surface area contributed by atoms with E-state index in [1.165, 1.54) is 0 Å². The molecule has 0 amide bonds. The maximum absolute atomic E-state index is 12.0. The Morgan fingerprint density at radius 1 is 1.20 bits per heavy atom. The van der Waals surface area contributed by atoms with E-state index in [1.54, 1.807) is 6.07 Å². The fraction of sp³-hybridized carbons (Fsp3) is 0.250. The summed E-state index contributed by atoms with van der Waals surface area (Å²) in [6.07, 6.45) is 2.81. The molecule has 0 aliphatic heterocycles. The van der Waals surface area contributed by atoms with Crippen LogP contribution in [0, 0.1) is 0 Å². The zero-order valence-electron chi connectivity index (χ0n) is 11.0. The van der Waals surface area contributed by atoms with Gasteiger partial charge in [0.1, 0.15) is 12.2 Å². The number of aryl methyl sites for hydroxylation is 2. The summed E-state index contributed by atoms with van der Waals surface area (Å²) < 4.78 is 5.20. The smallest absolute Gasteiger partial charge is 0.344 e. The van der Waals surface area contributed by atoms with Gasteiger partial charge >= 0.3 is 5.97 Å². The molecule has 20 heavy (non-hydrogen) atoms. The second-order valence-electron chi connectivity index (χ2n) is 4.93. The number of pyridine rings is 1. The van der Waals surface area contributed by atoms with Crippen molar-refractivity contribution in [3.63, 3.8) is 0 Å². The van der Waals surface area contributed by atoms with Crippen molar-refractivity contribution >= 4 is 5.97 Å². The Hall–Kier alpha value is -2.36. The van der Waals surface area contributed by atoms with Gasteiger partial charge in [-0.25, -0.2) is 4.79 Å². The minimum Gasteiger partial charge on any atom is -0.457 e. The second-order valence-corrected chi connectivity index (χ2v) is 4.93. The number of nitrogens with one attached hydrogen (secondary N) is 1. The molecule has 0 bridgehead atoms. The maximum Gasteiger partial charge on any atom is 0.344 e. The number of carbonyl (C=O) groups is 1. The number of carbonyl (C=O) groups excluding carboxylic acids is 1. The van der Waals surface area contributed by atoms with Crippen LogP contribution in [0.4, 0.5) is 0 Å². The van der Waals surface area contributed by atoms with E-state index >= 15 is 0 Å². The average Bonchev–Trinajstić information content (AvgIpc) is 2.92. The van der Waals surface area contributed by atoms with E-state index in [0.29, 0.717) is 0 Å². The minimum atomic E-state index is -0.565. The number of hydrogen-bond donors (Lipinski definition) is 1. The Morgan fingerprint density at radius 3 is 2.80 bits per heavy atom. The van der Waals surface area contributed by atoms with Gasteiger partial charge in [-0.3, -0.25) is 4.79 Å². The molecule has 1 aromatic heterocycles. The standard InChI is InChI=1S/C16H15NO3/c18-15-13(9-12-7-4-8-14(12)17-15)16(19)20-10-11-5-2-1-3-6-11/h1-3,5-6,9H,4,7-8,10H2,(H,17,18). The molecule has 0 fully saturated rings. The summed E-state index contributed by atoms with van der Waals surface area (Å²) in [4.78, 5) is 26.7. The van der Waals surface area contributed by atoms with E-state index in [1.807, 2.05) is 30.3 Å². The van der Waals surface area contributed by atoms with E-state index in [4.69, 9.17) is 4.74 Å². The van der Waals surface area contributed by atoms with Crippen molar-refractivity contribution in [3.05, 3.63) is 69.1 Å². The van der Waals surface area contributed by atoms with Gasteiger partial charge in [0.2, 0.25) is 0 Å². The van der Waals surface area contributed by atoms with E-state index in [-0.39, 0.29) is 17.7 Å². The topological polar surface area (TPSA) is 59.2 Å². The Bertz CT molecular complexity index is 689. The molecule has 1 aliphatic rings. The fourth-order valence-corrected chi connectivity index (χ4v) is 2.47. The molecule has 4 heteroatoms. The van der Waals surface area contributed by atoms with Crippen LogP contribution in [0.2, 0.25) is 0 Å². The van der Waals surface area contributed by atoms with Crippen LogP contribution in [0.1, 0.15) is 33.6 Å². The van der Waals surface area contributed by atoms with Gasteiger partial charge in [-0.15, -0.1) is 0 Å². The number of hydrogen-bond acceptors (Lipinski definition) is 3. The Morgan fingerprint density at radius 2 is 2.00 bits per heavy atom. The molecule has 1 aromatic carbocycles. The van der Waals surface area contributed by atoms with Gasteiger partial charge in [-0.2, -0.15) is 0 Å². The van der Waals surface area contributed by atoms with Crippen LogP contribution in [0.5, 0.6) is 0 Å². The van der Waals surface area contributed by atoms with Crippen molar-refractivity contribution in [3.8, 4) is 0 Å². The molecule has 1 heterocycles. The third-order valence-electron chi connectivity index (χ3n) is 3.52. The number of aromatic amines is 1. The number of aromatic nitrogens is 1. The molecule has 1 aliphatic carbocycles. The Kier molecular flexibility index (Phi) is 3.37. The molecule has 0 saturated carbocycles. The molecule has 0 atom stereocenters. The number of esters is 1. The summed E-state index contributed by atoms with van der Waals surface area (Å²) in [6.45, 7) is 0.177. The van der Waals surface area contributed by atoms with Crippen LogP contribution >= 0.6 is 0 Å². The normalized spacial score (nSPS) is 13.0. The Balaban J connectivity index is 1.76. The van der Waals surface area contributed by atoms with E-state index in [2.05, 4.69) is 4.98 Å². The van der Waals surface area contributed by atoms with Crippen molar-refractivity contribution in [2.45, 2.75) is 25.9 Å². The summed E-state index contributed by atoms with van der Waals surface area (Å²) in [5.41, 5.74) is 2.65. The largest absolute Gasteiger partial charge is 0.457 e. The summed E-state index contributed by atoms with van der Waals surface area (Å²) in [5.74, 6) is -0.565. The van der Waals surface area contributed by atoms with Crippen LogP contribution in [0.15, 0.2) is 41.2 Å². The third-order valence-corrected chi connectivity index (χ3v) is 3.52. The number of rotatable bonds is 3. The Labute approximate surface area is 116 Å². The predicted octanol–water partition coefficient (Wildman–Crippen LogP) is 2.22. The second kappa shape index (κ2) is 5.33. The van der Waals surface area contributed by atoms with Crippen LogP contribution in [-0.4, -0.2) is 11.0 Å². The summed E-state index contributed by atoms with van der Waals surface area (Å²) in [6, 6.07) is 11.1. The van der Waals surface area contributed by atoms with Gasteiger partial charge < -0.3 is 9.72 Å². The first-order valence-electron chi connectivity index (χ1n) is 6.70. The number of benzene rings is 1. The highest BCUT2D eigenvalue weighted by Gasteiger charge is 2.18. The zero-order chi connectivity index (χ0) is 13.9. The lowest BCUT2D eigenvalue weighted by molar-refractivity contribution is 0.0470. The monoisotopic (exact) mass is 269 g/mol. The van der Waals surface area contributed by atoms with Gasteiger partial charge in [-0.05, 0) is 36.5 Å². The van der Waals surface area contributed by atoms with Gasteiger partial charge in [-0.1, -0.05) is 30.3 Å². The van der Waals surface area contributed by atoms with Crippen molar-refractivity contribution in [1.82, 2.24) is 4.98 Å². The lowest BCUT2D eigenvalue weighted by atomic mass is 10.1. The number of H-pyrrole nitrogens is 1. The van der Waals surface area contributed by atoms with Gasteiger partial charge in [0, 0.05) is 5.69 Å². The van der Waals surface area contributed by atoms with E-state index in [0.717, 1.165) is 36.1 Å². The highest BCUT2D eigenvalue weighted by atomic mass is 16.5. The van der Waals surface area contributed by atoms with E-state index < -0.39 is 5.97 Å². The van der Waals surface area contributed by atoms with Crippen molar-refractivity contribution in [1.29, 1.82) is 0 Å². The van der Waals surface area contributed by atoms with Crippen LogP contribution in [0.3, 0.4) is 0 Å². The molecular weight excluding hydrogens is 254 g/mol. The van der Waals surface area contributed by atoms with E-state index in [9.17, 15) is 9.59 Å². The summed E-state index contributed by atoms with van der Waals surface area (Å²) >= 11 is 0. The third kappa shape index (κ3) is 2.50. The fourth-order valence-electron chi connectivity index (χ4n) is 2.47. The molecule has 0 radical (unpaired) electrons. The molecule has 0 saturated heterocycles. The molecule has 4 nitrogen and oxygen atoms in total. The molecule has 102 valence electrons.